The van der Waals surface area contributed by atoms with Crippen molar-refractivity contribution < 1.29 is 22.7 Å². The van der Waals surface area contributed by atoms with E-state index in [1.54, 1.807) is 48.4 Å². The first-order chi connectivity index (χ1) is 15.2. The van der Waals surface area contributed by atoms with E-state index in [2.05, 4.69) is 4.99 Å². The van der Waals surface area contributed by atoms with Crippen LogP contribution in [-0.4, -0.2) is 56.5 Å². The van der Waals surface area contributed by atoms with E-state index in [4.69, 9.17) is 32.7 Å². The first-order valence-electron chi connectivity index (χ1n) is 9.64. The van der Waals surface area contributed by atoms with Crippen molar-refractivity contribution >= 4 is 61.6 Å². The van der Waals surface area contributed by atoms with Gasteiger partial charge in [0, 0.05) is 10.3 Å². The van der Waals surface area contributed by atoms with Crippen LogP contribution < -0.4 is 14.4 Å². The topological polar surface area (TPSA) is 85.3 Å². The molecule has 0 N–H and O–H groups in total. The fraction of sp³-hybridized carbons (Fsp3) is 0.333. The molecular formula is C21H20Cl2N2O5S2. The minimum absolute atomic E-state index is 0.0213. The minimum Gasteiger partial charge on any atom is -0.493 e. The predicted molar refractivity (Wildman–Crippen MR) is 128 cm³/mol. The van der Waals surface area contributed by atoms with Crippen LogP contribution in [0.15, 0.2) is 41.4 Å². The van der Waals surface area contributed by atoms with Gasteiger partial charge in [-0.3, -0.25) is 4.79 Å². The van der Waals surface area contributed by atoms with Crippen molar-refractivity contribution in [2.24, 2.45) is 4.99 Å². The first-order valence-corrected chi connectivity index (χ1v) is 13.1. The lowest BCUT2D eigenvalue weighted by Gasteiger charge is -2.25. The molecule has 0 aromatic heterocycles. The number of rotatable bonds is 5. The van der Waals surface area contributed by atoms with E-state index in [-0.39, 0.29) is 35.1 Å². The lowest BCUT2D eigenvalue weighted by molar-refractivity contribution is -0.117. The maximum absolute atomic E-state index is 12.8. The Morgan fingerprint density at radius 3 is 2.56 bits per heavy atom. The van der Waals surface area contributed by atoms with Crippen LogP contribution in [0.4, 0.5) is 5.69 Å². The molecule has 0 radical (unpaired) electrons. The SMILES string of the molecule is COc1ccc(CC(=O)N=C2SC3CS(=O)(=O)CC3N2c2ccc(Cl)cc2Cl)cc1OC. The Balaban J connectivity index is 1.64. The van der Waals surface area contributed by atoms with Gasteiger partial charge in [0.05, 0.1) is 48.9 Å². The number of aliphatic imine (C=N–C) groups is 1. The van der Waals surface area contributed by atoms with Gasteiger partial charge in [0.25, 0.3) is 5.91 Å². The molecule has 0 spiro atoms. The van der Waals surface area contributed by atoms with Crippen molar-refractivity contribution in [2.75, 3.05) is 30.6 Å². The van der Waals surface area contributed by atoms with Crippen LogP contribution in [0, 0.1) is 0 Å². The third-order valence-electron chi connectivity index (χ3n) is 5.26. The number of amides is 1. The zero-order valence-corrected chi connectivity index (χ0v) is 20.4. The quantitative estimate of drug-likeness (QED) is 0.598. The number of benzene rings is 2. The number of methoxy groups -OCH3 is 2. The van der Waals surface area contributed by atoms with Gasteiger partial charge in [-0.2, -0.15) is 4.99 Å². The van der Waals surface area contributed by atoms with Gasteiger partial charge in [0.2, 0.25) is 0 Å². The Hall–Kier alpha value is -1.94. The van der Waals surface area contributed by atoms with Crippen molar-refractivity contribution in [3.8, 4) is 11.5 Å². The highest BCUT2D eigenvalue weighted by Gasteiger charge is 2.49. The highest BCUT2D eigenvalue weighted by Crippen LogP contribution is 2.43. The van der Waals surface area contributed by atoms with Crippen LogP contribution in [0.1, 0.15) is 5.56 Å². The summed E-state index contributed by atoms with van der Waals surface area (Å²) in [6.45, 7) is 0. The summed E-state index contributed by atoms with van der Waals surface area (Å²) < 4.78 is 35.0. The number of amidine groups is 1. The lowest BCUT2D eigenvalue weighted by atomic mass is 10.1. The number of sulfone groups is 1. The van der Waals surface area contributed by atoms with Crippen LogP contribution in [-0.2, 0) is 21.1 Å². The molecule has 2 aromatic rings. The van der Waals surface area contributed by atoms with Gasteiger partial charge in [-0.15, -0.1) is 0 Å². The molecule has 0 saturated carbocycles. The number of hydrogen-bond donors (Lipinski definition) is 0. The predicted octanol–water partition coefficient (Wildman–Crippen LogP) is 3.85. The third kappa shape index (κ3) is 4.71. The average Bonchev–Trinajstić information content (AvgIpc) is 3.19. The van der Waals surface area contributed by atoms with E-state index in [0.717, 1.165) is 5.56 Å². The second-order valence-corrected chi connectivity index (χ2v) is 11.6. The van der Waals surface area contributed by atoms with Gasteiger partial charge in [0.1, 0.15) is 0 Å². The molecule has 1 amide bonds. The highest BCUT2D eigenvalue weighted by atomic mass is 35.5. The van der Waals surface area contributed by atoms with Crippen LogP contribution in [0.25, 0.3) is 0 Å². The summed E-state index contributed by atoms with van der Waals surface area (Å²) in [5, 5.41) is 1.04. The highest BCUT2D eigenvalue weighted by molar-refractivity contribution is 8.16. The summed E-state index contributed by atoms with van der Waals surface area (Å²) in [6, 6.07) is 9.86. The Morgan fingerprint density at radius 1 is 1.12 bits per heavy atom. The molecule has 2 atom stereocenters. The molecular weight excluding hydrogens is 495 g/mol. The third-order valence-corrected chi connectivity index (χ3v) is 9.01. The minimum atomic E-state index is -3.18. The normalized spacial score (nSPS) is 22.8. The summed E-state index contributed by atoms with van der Waals surface area (Å²) in [6.07, 6.45) is 0.0558. The summed E-state index contributed by atoms with van der Waals surface area (Å²) in [5.41, 5.74) is 1.30. The number of ether oxygens (including phenoxy) is 2. The zero-order chi connectivity index (χ0) is 23.0. The first kappa shape index (κ1) is 23.2. The molecule has 170 valence electrons. The summed E-state index contributed by atoms with van der Waals surface area (Å²) in [7, 11) is -0.111. The second-order valence-electron chi connectivity index (χ2n) is 7.42. The lowest BCUT2D eigenvalue weighted by Crippen LogP contribution is -2.38. The van der Waals surface area contributed by atoms with E-state index in [9.17, 15) is 13.2 Å². The molecule has 0 bridgehead atoms. The van der Waals surface area contributed by atoms with E-state index in [0.29, 0.717) is 32.4 Å². The monoisotopic (exact) mass is 514 g/mol. The molecule has 0 aliphatic carbocycles. The summed E-state index contributed by atoms with van der Waals surface area (Å²) in [4.78, 5) is 18.9. The Labute approximate surface area is 200 Å². The number of carbonyl (C=O) groups is 1. The molecule has 2 unspecified atom stereocenters. The van der Waals surface area contributed by atoms with Gasteiger partial charge >= 0.3 is 0 Å². The summed E-state index contributed by atoms with van der Waals surface area (Å²) >= 11 is 13.7. The number of thioether (sulfide) groups is 1. The molecule has 4 rings (SSSR count). The Morgan fingerprint density at radius 2 is 1.88 bits per heavy atom. The van der Waals surface area contributed by atoms with Crippen molar-refractivity contribution in [1.29, 1.82) is 0 Å². The molecule has 2 aromatic carbocycles. The van der Waals surface area contributed by atoms with Crippen molar-refractivity contribution in [3.63, 3.8) is 0 Å². The number of carbonyl (C=O) groups excluding carboxylic acids is 1. The fourth-order valence-corrected chi connectivity index (χ4v) is 8.26. The van der Waals surface area contributed by atoms with Gasteiger partial charge < -0.3 is 14.4 Å². The number of nitrogens with zero attached hydrogens (tertiary/aromatic N) is 2. The fourth-order valence-electron chi connectivity index (χ4n) is 3.83. The molecule has 2 fully saturated rings. The molecule has 2 saturated heterocycles. The van der Waals surface area contributed by atoms with Crippen LogP contribution in [0.5, 0.6) is 11.5 Å². The molecule has 2 aliphatic heterocycles. The number of hydrogen-bond acceptors (Lipinski definition) is 6. The van der Waals surface area contributed by atoms with Gasteiger partial charge in [-0.05, 0) is 35.9 Å². The number of fused-ring (bicyclic) bond motifs is 1. The van der Waals surface area contributed by atoms with Gasteiger partial charge in [-0.1, -0.05) is 41.0 Å². The molecule has 2 aliphatic rings. The van der Waals surface area contributed by atoms with Gasteiger partial charge in [-0.25, -0.2) is 8.42 Å². The maximum Gasteiger partial charge on any atom is 0.252 e. The molecule has 11 heteroatoms. The Bertz CT molecular complexity index is 1200. The molecule has 32 heavy (non-hydrogen) atoms. The van der Waals surface area contributed by atoms with E-state index < -0.39 is 9.84 Å². The molecule has 7 nitrogen and oxygen atoms in total. The smallest absolute Gasteiger partial charge is 0.252 e. The second kappa shape index (κ2) is 9.13. The van der Waals surface area contributed by atoms with E-state index in [1.165, 1.54) is 18.9 Å². The van der Waals surface area contributed by atoms with Crippen LogP contribution in [0.2, 0.25) is 10.0 Å². The van der Waals surface area contributed by atoms with Crippen molar-refractivity contribution in [3.05, 3.63) is 52.0 Å². The maximum atomic E-state index is 12.8. The standard InChI is InChI=1S/C21H20Cl2N2O5S2/c1-29-17-6-3-12(7-18(17)30-2)8-20(26)24-21-25(15-5-4-13(22)9-14(15)23)16-10-32(27,28)11-19(16)31-21/h3-7,9,16,19H,8,10-11H2,1-2H3. The van der Waals surface area contributed by atoms with E-state index in [1.807, 2.05) is 0 Å². The van der Waals surface area contributed by atoms with Gasteiger partial charge in [0.15, 0.2) is 26.5 Å². The Kier molecular flexibility index (Phi) is 6.63. The van der Waals surface area contributed by atoms with Crippen molar-refractivity contribution in [1.82, 2.24) is 0 Å². The zero-order valence-electron chi connectivity index (χ0n) is 17.2. The van der Waals surface area contributed by atoms with Crippen LogP contribution in [0.3, 0.4) is 0 Å². The summed E-state index contributed by atoms with van der Waals surface area (Å²) in [5.74, 6) is 0.742. The number of halogens is 2. The van der Waals surface area contributed by atoms with Crippen molar-refractivity contribution in [2.45, 2.75) is 17.7 Å². The average molecular weight is 515 g/mol. The van der Waals surface area contributed by atoms with Crippen LogP contribution >= 0.6 is 35.0 Å². The van der Waals surface area contributed by atoms with E-state index >= 15 is 0 Å². The number of anilines is 1. The molecule has 2 heterocycles. The largest absolute Gasteiger partial charge is 0.493 e.